The highest BCUT2D eigenvalue weighted by Crippen LogP contribution is 2.22. The smallest absolute Gasteiger partial charge is 0.337 e. The van der Waals surface area contributed by atoms with Crippen molar-refractivity contribution < 1.29 is 14.3 Å². The third-order valence-electron chi connectivity index (χ3n) is 2.25. The van der Waals surface area contributed by atoms with Crippen LogP contribution in [0.25, 0.3) is 6.08 Å². The van der Waals surface area contributed by atoms with Crippen molar-refractivity contribution in [1.82, 2.24) is 0 Å². The van der Waals surface area contributed by atoms with E-state index in [2.05, 4.69) is 17.4 Å². The summed E-state index contributed by atoms with van der Waals surface area (Å²) in [5.74, 6) is 1.09. The molecule has 0 aromatic heterocycles. The first-order valence-electron chi connectivity index (χ1n) is 5.26. The van der Waals surface area contributed by atoms with Gasteiger partial charge in [0.2, 0.25) is 0 Å². The highest BCUT2D eigenvalue weighted by Gasteiger charge is 2.08. The fraction of sp³-hybridized carbons (Fsp3) is 0.308. The van der Waals surface area contributed by atoms with Gasteiger partial charge in [-0.15, -0.1) is 0 Å². The number of thiol groups is 1. The Balaban J connectivity index is 2.97. The van der Waals surface area contributed by atoms with Crippen LogP contribution in [0.5, 0.6) is 5.75 Å². The molecule has 0 atom stereocenters. The first-order chi connectivity index (χ1) is 8.22. The molecule has 3 nitrogen and oxygen atoms in total. The lowest BCUT2D eigenvalue weighted by molar-refractivity contribution is 0.0600. The average Bonchev–Trinajstić information content (AvgIpc) is 2.38. The van der Waals surface area contributed by atoms with Gasteiger partial charge in [-0.05, 0) is 24.3 Å². The minimum absolute atomic E-state index is 0.366. The molecule has 0 amide bonds. The monoisotopic (exact) mass is 252 g/mol. The average molecular weight is 252 g/mol. The van der Waals surface area contributed by atoms with Gasteiger partial charge in [0.25, 0.3) is 0 Å². The number of esters is 1. The fourth-order valence-corrected chi connectivity index (χ4v) is 1.53. The highest BCUT2D eigenvalue weighted by atomic mass is 32.1. The van der Waals surface area contributed by atoms with Crippen LogP contribution in [0, 0.1) is 0 Å². The van der Waals surface area contributed by atoms with Crippen LogP contribution in [-0.2, 0) is 4.74 Å². The number of ether oxygens (including phenoxy) is 2. The van der Waals surface area contributed by atoms with Crippen molar-refractivity contribution in [2.75, 3.05) is 20.0 Å². The largest absolute Gasteiger partial charge is 0.496 e. The number of rotatable bonds is 5. The van der Waals surface area contributed by atoms with Crippen molar-refractivity contribution in [3.8, 4) is 5.75 Å². The van der Waals surface area contributed by atoms with Crippen LogP contribution in [0.15, 0.2) is 24.3 Å². The molecule has 92 valence electrons. The maximum Gasteiger partial charge on any atom is 0.337 e. The lowest BCUT2D eigenvalue weighted by atomic mass is 10.1. The third-order valence-corrected chi connectivity index (χ3v) is 2.51. The molecular weight excluding hydrogens is 236 g/mol. The molecule has 0 saturated heterocycles. The van der Waals surface area contributed by atoms with Gasteiger partial charge < -0.3 is 9.47 Å². The highest BCUT2D eigenvalue weighted by molar-refractivity contribution is 7.80. The Hall–Kier alpha value is -1.42. The molecular formula is C13H16O3S. The summed E-state index contributed by atoms with van der Waals surface area (Å²) < 4.78 is 9.88. The third kappa shape index (κ3) is 3.82. The molecule has 0 aliphatic carbocycles. The van der Waals surface area contributed by atoms with Crippen LogP contribution in [0.2, 0.25) is 0 Å². The van der Waals surface area contributed by atoms with E-state index in [1.54, 1.807) is 19.2 Å². The number of methoxy groups -OCH3 is 2. The standard InChI is InChI=1S/C13H16O3S/c1-15-12-9-11(13(14)16-2)7-6-10(12)5-3-4-8-17/h3,5-7,9,17H,4,8H2,1-2H3. The fourth-order valence-electron chi connectivity index (χ4n) is 1.38. The predicted molar refractivity (Wildman–Crippen MR) is 71.8 cm³/mol. The maximum absolute atomic E-state index is 11.3. The Morgan fingerprint density at radius 1 is 1.41 bits per heavy atom. The lowest BCUT2D eigenvalue weighted by Gasteiger charge is -2.06. The van der Waals surface area contributed by atoms with Gasteiger partial charge in [-0.1, -0.05) is 18.2 Å². The summed E-state index contributed by atoms with van der Waals surface area (Å²) in [6, 6.07) is 5.22. The number of allylic oxidation sites excluding steroid dienone is 1. The van der Waals surface area contributed by atoms with Gasteiger partial charge in [0, 0.05) is 5.56 Å². The summed E-state index contributed by atoms with van der Waals surface area (Å²) in [5.41, 5.74) is 1.41. The summed E-state index contributed by atoms with van der Waals surface area (Å²) in [6.45, 7) is 0. The van der Waals surface area contributed by atoms with E-state index < -0.39 is 0 Å². The maximum atomic E-state index is 11.3. The molecule has 0 spiro atoms. The molecule has 0 aliphatic rings. The molecule has 1 rings (SSSR count). The van der Waals surface area contributed by atoms with E-state index in [9.17, 15) is 4.79 Å². The Morgan fingerprint density at radius 3 is 2.76 bits per heavy atom. The summed E-state index contributed by atoms with van der Waals surface area (Å²) >= 11 is 4.13. The number of carbonyl (C=O) groups is 1. The van der Waals surface area contributed by atoms with Crippen LogP contribution in [0.3, 0.4) is 0 Å². The SMILES string of the molecule is COC(=O)c1ccc(C=CCCS)c(OC)c1. The van der Waals surface area contributed by atoms with Crippen molar-refractivity contribution in [3.05, 3.63) is 35.4 Å². The molecule has 0 saturated carbocycles. The molecule has 0 N–H and O–H groups in total. The van der Waals surface area contributed by atoms with Gasteiger partial charge in [0.05, 0.1) is 19.8 Å². The lowest BCUT2D eigenvalue weighted by Crippen LogP contribution is -2.01. The molecule has 1 aromatic carbocycles. The van der Waals surface area contributed by atoms with Gasteiger partial charge >= 0.3 is 5.97 Å². The molecule has 4 heteroatoms. The van der Waals surface area contributed by atoms with E-state index >= 15 is 0 Å². The molecule has 0 bridgehead atoms. The second-order valence-electron chi connectivity index (χ2n) is 3.36. The molecule has 0 fully saturated rings. The van der Waals surface area contributed by atoms with Crippen molar-refractivity contribution in [2.24, 2.45) is 0 Å². The van der Waals surface area contributed by atoms with Crippen LogP contribution in [0.4, 0.5) is 0 Å². The Bertz CT molecular complexity index is 413. The van der Waals surface area contributed by atoms with Crippen LogP contribution in [0.1, 0.15) is 22.3 Å². The van der Waals surface area contributed by atoms with Crippen molar-refractivity contribution in [3.63, 3.8) is 0 Å². The van der Waals surface area contributed by atoms with Crippen molar-refractivity contribution in [1.29, 1.82) is 0 Å². The van der Waals surface area contributed by atoms with Gasteiger partial charge in [0.1, 0.15) is 5.75 Å². The first kappa shape index (κ1) is 13.6. The minimum Gasteiger partial charge on any atom is -0.496 e. The zero-order valence-corrected chi connectivity index (χ0v) is 10.9. The summed E-state index contributed by atoms with van der Waals surface area (Å²) in [4.78, 5) is 11.3. The topological polar surface area (TPSA) is 35.5 Å². The Morgan fingerprint density at radius 2 is 2.18 bits per heavy atom. The molecule has 17 heavy (non-hydrogen) atoms. The van der Waals surface area contributed by atoms with Crippen molar-refractivity contribution in [2.45, 2.75) is 6.42 Å². The van der Waals surface area contributed by atoms with E-state index in [0.29, 0.717) is 11.3 Å². The normalized spacial score (nSPS) is 10.5. The van der Waals surface area contributed by atoms with Gasteiger partial charge in [0.15, 0.2) is 0 Å². The van der Waals surface area contributed by atoms with E-state index in [1.165, 1.54) is 7.11 Å². The van der Waals surface area contributed by atoms with E-state index in [1.807, 2.05) is 18.2 Å². The predicted octanol–water partition coefficient (Wildman–Crippen LogP) is 2.81. The molecule has 0 aliphatic heterocycles. The summed E-state index contributed by atoms with van der Waals surface area (Å²) in [7, 11) is 2.93. The van der Waals surface area contributed by atoms with Crippen LogP contribution >= 0.6 is 12.6 Å². The Kier molecular flexibility index (Phi) is 5.63. The second-order valence-corrected chi connectivity index (χ2v) is 3.81. The molecule has 0 heterocycles. The van der Waals surface area contributed by atoms with Gasteiger partial charge in [-0.2, -0.15) is 12.6 Å². The Labute approximate surface area is 107 Å². The van der Waals surface area contributed by atoms with Gasteiger partial charge in [-0.25, -0.2) is 4.79 Å². The molecule has 0 unspecified atom stereocenters. The van der Waals surface area contributed by atoms with E-state index in [0.717, 1.165) is 17.7 Å². The van der Waals surface area contributed by atoms with Crippen LogP contribution < -0.4 is 4.74 Å². The molecule has 0 radical (unpaired) electrons. The summed E-state index contributed by atoms with van der Waals surface area (Å²) in [6.07, 6.45) is 4.86. The van der Waals surface area contributed by atoms with E-state index in [-0.39, 0.29) is 5.97 Å². The number of carbonyl (C=O) groups excluding carboxylic acids is 1. The van der Waals surface area contributed by atoms with E-state index in [4.69, 9.17) is 4.74 Å². The minimum atomic E-state index is -0.366. The molecule has 1 aromatic rings. The van der Waals surface area contributed by atoms with Crippen LogP contribution in [-0.4, -0.2) is 25.9 Å². The summed E-state index contributed by atoms with van der Waals surface area (Å²) in [5, 5.41) is 0. The van der Waals surface area contributed by atoms with Crippen molar-refractivity contribution >= 4 is 24.7 Å². The first-order valence-corrected chi connectivity index (χ1v) is 5.90. The second kappa shape index (κ2) is 7.01. The quantitative estimate of drug-likeness (QED) is 0.646. The van der Waals surface area contributed by atoms with Gasteiger partial charge in [-0.3, -0.25) is 0 Å². The zero-order valence-electron chi connectivity index (χ0n) is 9.97. The zero-order chi connectivity index (χ0) is 12.7. The number of hydrogen-bond acceptors (Lipinski definition) is 4. The number of benzene rings is 1. The number of hydrogen-bond donors (Lipinski definition) is 1.